The van der Waals surface area contributed by atoms with Crippen LogP contribution >= 0.6 is 15.9 Å². The summed E-state index contributed by atoms with van der Waals surface area (Å²) in [7, 11) is 0. The third kappa shape index (κ3) is 6.49. The lowest BCUT2D eigenvalue weighted by molar-refractivity contribution is -0.120. The molecule has 1 heterocycles. The number of nitrogens with one attached hydrogen (secondary N) is 2. The van der Waals surface area contributed by atoms with Crippen LogP contribution in [0.5, 0.6) is 5.75 Å². The van der Waals surface area contributed by atoms with Crippen molar-refractivity contribution in [1.82, 2.24) is 5.32 Å². The van der Waals surface area contributed by atoms with E-state index >= 15 is 0 Å². The second-order valence-corrected chi connectivity index (χ2v) is 7.80. The van der Waals surface area contributed by atoms with Crippen molar-refractivity contribution in [3.63, 3.8) is 0 Å². The fraction of sp³-hybridized carbons (Fsp3) is 0.217. The molecule has 6 nitrogen and oxygen atoms in total. The zero-order chi connectivity index (χ0) is 21.5. The molecule has 1 aromatic heterocycles. The molecular weight excluding hydrogens is 448 g/mol. The summed E-state index contributed by atoms with van der Waals surface area (Å²) in [5.74, 6) is 0.617. The molecule has 0 saturated heterocycles. The van der Waals surface area contributed by atoms with Crippen molar-refractivity contribution < 1.29 is 18.7 Å². The molecule has 0 aliphatic rings. The summed E-state index contributed by atoms with van der Waals surface area (Å²) in [6.45, 7) is 4.41. The molecule has 0 saturated carbocycles. The van der Waals surface area contributed by atoms with E-state index in [0.29, 0.717) is 16.9 Å². The largest absolute Gasteiger partial charge is 0.491 e. The molecule has 2 aromatic carbocycles. The third-order valence-electron chi connectivity index (χ3n) is 4.16. The van der Waals surface area contributed by atoms with Gasteiger partial charge in [-0.25, -0.2) is 0 Å². The van der Waals surface area contributed by atoms with Crippen LogP contribution in [0.15, 0.2) is 69.8 Å². The van der Waals surface area contributed by atoms with Gasteiger partial charge in [-0.1, -0.05) is 24.3 Å². The zero-order valence-corrected chi connectivity index (χ0v) is 18.4. The number of halogens is 1. The van der Waals surface area contributed by atoms with Crippen molar-refractivity contribution in [2.24, 2.45) is 0 Å². The first-order chi connectivity index (χ1) is 14.4. The Labute approximate surface area is 183 Å². The molecular formula is C23H23BrN2O4. The van der Waals surface area contributed by atoms with Crippen LogP contribution in [0.1, 0.15) is 35.5 Å². The SMILES string of the molecule is CC(C)Oc1ccc(CNC(=O)Cc2ccc(NC(=O)c3ccc(Br)o3)cc2)cc1. The topological polar surface area (TPSA) is 80.6 Å². The van der Waals surface area contributed by atoms with Gasteiger partial charge in [0.25, 0.3) is 5.91 Å². The van der Waals surface area contributed by atoms with Crippen LogP contribution in [0.25, 0.3) is 0 Å². The lowest BCUT2D eigenvalue weighted by atomic mass is 10.1. The molecule has 0 fully saturated rings. The van der Waals surface area contributed by atoms with E-state index in [9.17, 15) is 9.59 Å². The highest BCUT2D eigenvalue weighted by Crippen LogP contribution is 2.17. The highest BCUT2D eigenvalue weighted by atomic mass is 79.9. The van der Waals surface area contributed by atoms with Crippen LogP contribution in [0.4, 0.5) is 5.69 Å². The van der Waals surface area contributed by atoms with Gasteiger partial charge in [-0.05, 0) is 77.3 Å². The zero-order valence-electron chi connectivity index (χ0n) is 16.8. The first-order valence-corrected chi connectivity index (χ1v) is 10.4. The quantitative estimate of drug-likeness (QED) is 0.488. The van der Waals surface area contributed by atoms with Crippen LogP contribution < -0.4 is 15.4 Å². The maximum Gasteiger partial charge on any atom is 0.291 e. The van der Waals surface area contributed by atoms with Gasteiger partial charge >= 0.3 is 0 Å². The minimum absolute atomic E-state index is 0.0743. The molecule has 7 heteroatoms. The van der Waals surface area contributed by atoms with E-state index in [1.165, 1.54) is 0 Å². The summed E-state index contributed by atoms with van der Waals surface area (Å²) in [6, 6.07) is 18.0. The number of anilines is 1. The minimum Gasteiger partial charge on any atom is -0.491 e. The maximum atomic E-state index is 12.2. The number of carbonyl (C=O) groups excluding carboxylic acids is 2. The molecule has 3 rings (SSSR count). The fourth-order valence-corrected chi connectivity index (χ4v) is 3.05. The molecule has 30 heavy (non-hydrogen) atoms. The molecule has 0 bridgehead atoms. The molecule has 2 N–H and O–H groups in total. The Morgan fingerprint density at radius 1 is 0.967 bits per heavy atom. The average Bonchev–Trinajstić information content (AvgIpc) is 3.15. The van der Waals surface area contributed by atoms with E-state index in [1.54, 1.807) is 24.3 Å². The summed E-state index contributed by atoms with van der Waals surface area (Å²) in [6.07, 6.45) is 0.385. The van der Waals surface area contributed by atoms with Crippen molar-refractivity contribution in [2.75, 3.05) is 5.32 Å². The number of hydrogen-bond donors (Lipinski definition) is 2. The van der Waals surface area contributed by atoms with E-state index in [4.69, 9.17) is 9.15 Å². The van der Waals surface area contributed by atoms with Crippen LogP contribution in [0.2, 0.25) is 0 Å². The number of ether oxygens (including phenoxy) is 1. The van der Waals surface area contributed by atoms with Crippen molar-refractivity contribution in [1.29, 1.82) is 0 Å². The average molecular weight is 471 g/mol. The van der Waals surface area contributed by atoms with E-state index in [1.807, 2.05) is 50.2 Å². The van der Waals surface area contributed by atoms with E-state index < -0.39 is 0 Å². The number of hydrogen-bond acceptors (Lipinski definition) is 4. The first kappa shape index (κ1) is 21.6. The number of amides is 2. The summed E-state index contributed by atoms with van der Waals surface area (Å²) in [5.41, 5.74) is 2.48. The van der Waals surface area contributed by atoms with Crippen LogP contribution in [-0.4, -0.2) is 17.9 Å². The molecule has 0 atom stereocenters. The van der Waals surface area contributed by atoms with Crippen molar-refractivity contribution in [3.8, 4) is 5.75 Å². The lowest BCUT2D eigenvalue weighted by Crippen LogP contribution is -2.24. The number of benzene rings is 2. The Balaban J connectivity index is 1.46. The highest BCUT2D eigenvalue weighted by Gasteiger charge is 2.11. The Kier molecular flexibility index (Phi) is 7.30. The normalized spacial score (nSPS) is 10.7. The van der Waals surface area contributed by atoms with E-state index in [0.717, 1.165) is 16.9 Å². The van der Waals surface area contributed by atoms with E-state index in [2.05, 4.69) is 26.6 Å². The Morgan fingerprint density at radius 2 is 1.63 bits per heavy atom. The van der Waals surface area contributed by atoms with Gasteiger partial charge in [0.15, 0.2) is 10.4 Å². The minimum atomic E-state index is -0.337. The fourth-order valence-electron chi connectivity index (χ4n) is 2.74. The Hall–Kier alpha value is -3.06. The Bertz CT molecular complexity index is 995. The molecule has 3 aromatic rings. The second kappa shape index (κ2) is 10.1. The maximum absolute atomic E-state index is 12.2. The first-order valence-electron chi connectivity index (χ1n) is 9.57. The second-order valence-electron chi connectivity index (χ2n) is 7.02. The van der Waals surface area contributed by atoms with Gasteiger partial charge < -0.3 is 19.8 Å². The molecule has 0 aliphatic carbocycles. The van der Waals surface area contributed by atoms with E-state index in [-0.39, 0.29) is 30.1 Å². The molecule has 0 unspecified atom stereocenters. The summed E-state index contributed by atoms with van der Waals surface area (Å²) < 4.78 is 11.3. The number of carbonyl (C=O) groups is 2. The smallest absolute Gasteiger partial charge is 0.291 e. The third-order valence-corrected chi connectivity index (χ3v) is 4.58. The van der Waals surface area contributed by atoms with Crippen LogP contribution in [0.3, 0.4) is 0 Å². The van der Waals surface area contributed by atoms with Gasteiger partial charge in [-0.2, -0.15) is 0 Å². The molecule has 0 radical (unpaired) electrons. The summed E-state index contributed by atoms with van der Waals surface area (Å²) in [4.78, 5) is 24.3. The van der Waals surface area contributed by atoms with Crippen LogP contribution in [-0.2, 0) is 17.8 Å². The molecule has 156 valence electrons. The van der Waals surface area contributed by atoms with Crippen molar-refractivity contribution >= 4 is 33.4 Å². The standard InChI is InChI=1S/C23H23BrN2O4/c1-15(2)29-19-9-5-17(6-10-19)14-25-22(27)13-16-3-7-18(8-4-16)26-23(28)20-11-12-21(24)30-20/h3-12,15H,13-14H2,1-2H3,(H,25,27)(H,26,28). The van der Waals surface area contributed by atoms with Gasteiger partial charge in [0.1, 0.15) is 5.75 Å². The molecule has 0 spiro atoms. The van der Waals surface area contributed by atoms with Crippen molar-refractivity contribution in [3.05, 3.63) is 82.2 Å². The van der Waals surface area contributed by atoms with Gasteiger partial charge in [-0.3, -0.25) is 9.59 Å². The number of rotatable bonds is 8. The van der Waals surface area contributed by atoms with Gasteiger partial charge in [0, 0.05) is 12.2 Å². The monoisotopic (exact) mass is 470 g/mol. The number of furan rings is 1. The Morgan fingerprint density at radius 3 is 2.23 bits per heavy atom. The lowest BCUT2D eigenvalue weighted by Gasteiger charge is -2.10. The van der Waals surface area contributed by atoms with Gasteiger partial charge in [0.2, 0.25) is 5.91 Å². The predicted octanol–water partition coefficient (Wildman–Crippen LogP) is 4.94. The molecule has 2 amide bonds. The summed E-state index contributed by atoms with van der Waals surface area (Å²) in [5, 5.41) is 5.66. The highest BCUT2D eigenvalue weighted by molar-refractivity contribution is 9.10. The summed E-state index contributed by atoms with van der Waals surface area (Å²) >= 11 is 3.17. The van der Waals surface area contributed by atoms with Gasteiger partial charge in [0.05, 0.1) is 12.5 Å². The van der Waals surface area contributed by atoms with Crippen molar-refractivity contribution in [2.45, 2.75) is 32.9 Å². The van der Waals surface area contributed by atoms with Crippen LogP contribution in [0, 0.1) is 0 Å². The predicted molar refractivity (Wildman–Crippen MR) is 119 cm³/mol. The molecule has 0 aliphatic heterocycles. The van der Waals surface area contributed by atoms with Gasteiger partial charge in [-0.15, -0.1) is 0 Å².